The van der Waals surface area contributed by atoms with E-state index < -0.39 is 0 Å². The minimum Gasteiger partial charge on any atom is -0.312 e. The van der Waals surface area contributed by atoms with Crippen LogP contribution >= 0.6 is 11.3 Å². The van der Waals surface area contributed by atoms with Crippen molar-refractivity contribution in [1.29, 1.82) is 0 Å². The van der Waals surface area contributed by atoms with Gasteiger partial charge in [0.1, 0.15) is 0 Å². The molecule has 0 saturated carbocycles. The maximum absolute atomic E-state index is 11.8. The van der Waals surface area contributed by atoms with E-state index in [2.05, 4.69) is 33.0 Å². The van der Waals surface area contributed by atoms with Crippen molar-refractivity contribution in [3.8, 4) is 0 Å². The van der Waals surface area contributed by atoms with Crippen LogP contribution in [0.1, 0.15) is 38.3 Å². The van der Waals surface area contributed by atoms with E-state index in [1.54, 1.807) is 0 Å². The highest BCUT2D eigenvalue weighted by Gasteiger charge is 2.14. The van der Waals surface area contributed by atoms with Gasteiger partial charge in [-0.05, 0) is 47.1 Å². The zero-order valence-electron chi connectivity index (χ0n) is 11.8. The predicted molar refractivity (Wildman–Crippen MR) is 75.0 cm³/mol. The summed E-state index contributed by atoms with van der Waals surface area (Å²) in [6, 6.07) is 0. The van der Waals surface area contributed by atoms with Crippen LogP contribution in [0.3, 0.4) is 0 Å². The van der Waals surface area contributed by atoms with E-state index in [0.29, 0.717) is 5.92 Å². The number of aryl methyl sites for hydroxylation is 1. The van der Waals surface area contributed by atoms with E-state index in [1.165, 1.54) is 11.3 Å². The molecule has 0 aromatic carbocycles. The van der Waals surface area contributed by atoms with E-state index in [4.69, 9.17) is 0 Å². The van der Waals surface area contributed by atoms with Crippen molar-refractivity contribution in [2.45, 2.75) is 53.6 Å². The summed E-state index contributed by atoms with van der Waals surface area (Å²) in [7, 11) is 0. The van der Waals surface area contributed by atoms with Gasteiger partial charge in [0.05, 0.1) is 0 Å². The fourth-order valence-electron chi connectivity index (χ4n) is 1.66. The van der Waals surface area contributed by atoms with Gasteiger partial charge in [-0.15, -0.1) is 0 Å². The summed E-state index contributed by atoms with van der Waals surface area (Å²) in [5.74, 6) is 0.458. The average Bonchev–Trinajstić information content (AvgIpc) is 2.41. The van der Waals surface area contributed by atoms with Crippen LogP contribution in [0.5, 0.6) is 0 Å². The third-order valence-corrected chi connectivity index (χ3v) is 3.85. The molecule has 1 unspecified atom stereocenters. The molecule has 98 valence electrons. The molecular weight excluding hydrogens is 232 g/mol. The highest BCUT2D eigenvalue weighted by Crippen LogP contribution is 2.11. The lowest BCUT2D eigenvalue weighted by molar-refractivity contribution is 0.358. The van der Waals surface area contributed by atoms with Gasteiger partial charge < -0.3 is 9.88 Å². The predicted octanol–water partition coefficient (Wildman–Crippen LogP) is 2.55. The van der Waals surface area contributed by atoms with Gasteiger partial charge in [-0.1, -0.05) is 18.3 Å². The van der Waals surface area contributed by atoms with Gasteiger partial charge in [0, 0.05) is 22.7 Å². The standard InChI is InChI=1S/C13H24N2OS/c1-9(7-14-13(4,5)6)8-15-10(2)11(3)17-12(15)16/h9,14H,7-8H2,1-6H3. The minimum absolute atomic E-state index is 0.138. The normalized spacial score (nSPS) is 14.0. The van der Waals surface area contributed by atoms with E-state index in [1.807, 2.05) is 18.4 Å². The smallest absolute Gasteiger partial charge is 0.307 e. The summed E-state index contributed by atoms with van der Waals surface area (Å²) in [6.07, 6.45) is 0. The van der Waals surface area contributed by atoms with Gasteiger partial charge in [-0.25, -0.2) is 0 Å². The Hall–Kier alpha value is -0.610. The largest absolute Gasteiger partial charge is 0.312 e. The molecule has 1 atom stereocenters. The van der Waals surface area contributed by atoms with Gasteiger partial charge in [0.2, 0.25) is 0 Å². The molecule has 1 aromatic heterocycles. The quantitative estimate of drug-likeness (QED) is 0.898. The molecule has 0 amide bonds. The first kappa shape index (κ1) is 14.5. The number of hydrogen-bond donors (Lipinski definition) is 1. The molecule has 0 saturated heterocycles. The second-order valence-electron chi connectivity index (χ2n) is 5.86. The Labute approximate surface area is 108 Å². The highest BCUT2D eigenvalue weighted by molar-refractivity contribution is 7.09. The van der Waals surface area contributed by atoms with Gasteiger partial charge in [-0.3, -0.25) is 4.79 Å². The van der Waals surface area contributed by atoms with E-state index >= 15 is 0 Å². The zero-order chi connectivity index (χ0) is 13.2. The molecule has 1 N–H and O–H groups in total. The lowest BCUT2D eigenvalue weighted by atomic mass is 10.1. The fraction of sp³-hybridized carbons (Fsp3) is 0.769. The van der Waals surface area contributed by atoms with Gasteiger partial charge in [-0.2, -0.15) is 0 Å². The third-order valence-electron chi connectivity index (χ3n) is 2.85. The number of hydrogen-bond acceptors (Lipinski definition) is 3. The molecule has 1 heterocycles. The topological polar surface area (TPSA) is 34.0 Å². The second kappa shape index (κ2) is 5.36. The summed E-state index contributed by atoms with van der Waals surface area (Å²) in [6.45, 7) is 14.4. The number of nitrogens with zero attached hydrogens (tertiary/aromatic N) is 1. The summed E-state index contributed by atoms with van der Waals surface area (Å²) < 4.78 is 1.90. The Balaban J connectivity index is 2.62. The van der Waals surface area contributed by atoms with Crippen molar-refractivity contribution in [3.63, 3.8) is 0 Å². The first-order valence-corrected chi connectivity index (χ1v) is 6.94. The van der Waals surface area contributed by atoms with Crippen molar-refractivity contribution in [1.82, 2.24) is 9.88 Å². The van der Waals surface area contributed by atoms with Crippen molar-refractivity contribution in [2.75, 3.05) is 6.54 Å². The maximum atomic E-state index is 11.8. The van der Waals surface area contributed by atoms with E-state index in [9.17, 15) is 4.79 Å². The van der Waals surface area contributed by atoms with E-state index in [-0.39, 0.29) is 10.4 Å². The lowest BCUT2D eigenvalue weighted by Gasteiger charge is -2.23. The summed E-state index contributed by atoms with van der Waals surface area (Å²) in [4.78, 5) is 13.1. The highest BCUT2D eigenvalue weighted by atomic mass is 32.1. The van der Waals surface area contributed by atoms with Crippen molar-refractivity contribution in [2.24, 2.45) is 5.92 Å². The molecule has 0 spiro atoms. The summed E-state index contributed by atoms with van der Waals surface area (Å²) in [5.41, 5.74) is 1.25. The van der Waals surface area contributed by atoms with Crippen molar-refractivity contribution < 1.29 is 0 Å². The Morgan fingerprint density at radius 2 is 1.94 bits per heavy atom. The van der Waals surface area contributed by atoms with Crippen LogP contribution in [0.4, 0.5) is 0 Å². The summed E-state index contributed by atoms with van der Waals surface area (Å²) in [5, 5.41) is 3.48. The first-order valence-electron chi connectivity index (χ1n) is 6.12. The van der Waals surface area contributed by atoms with Crippen LogP contribution < -0.4 is 10.2 Å². The Kier molecular flexibility index (Phi) is 4.55. The summed E-state index contributed by atoms with van der Waals surface area (Å²) >= 11 is 1.35. The van der Waals surface area contributed by atoms with Gasteiger partial charge >= 0.3 is 4.87 Å². The monoisotopic (exact) mass is 256 g/mol. The second-order valence-corrected chi connectivity index (χ2v) is 7.02. The van der Waals surface area contributed by atoms with Crippen LogP contribution in [0, 0.1) is 19.8 Å². The van der Waals surface area contributed by atoms with E-state index in [0.717, 1.165) is 23.7 Å². The molecule has 0 aliphatic carbocycles. The Morgan fingerprint density at radius 1 is 1.35 bits per heavy atom. The molecule has 3 nitrogen and oxygen atoms in total. The molecule has 0 bridgehead atoms. The Bertz CT molecular complexity index is 426. The zero-order valence-corrected chi connectivity index (χ0v) is 12.6. The van der Waals surface area contributed by atoms with Crippen molar-refractivity contribution in [3.05, 3.63) is 20.2 Å². The molecule has 4 heteroatoms. The number of thiazole rings is 1. The SMILES string of the molecule is Cc1sc(=O)n(CC(C)CNC(C)(C)C)c1C. The van der Waals surface area contributed by atoms with Crippen LogP contribution in [0.25, 0.3) is 0 Å². The Morgan fingerprint density at radius 3 is 2.35 bits per heavy atom. The molecule has 1 aromatic rings. The third kappa shape index (κ3) is 4.28. The number of nitrogens with one attached hydrogen (secondary N) is 1. The number of rotatable bonds is 4. The number of aromatic nitrogens is 1. The van der Waals surface area contributed by atoms with Gasteiger partial charge in [0.15, 0.2) is 0 Å². The molecule has 17 heavy (non-hydrogen) atoms. The van der Waals surface area contributed by atoms with Crippen LogP contribution in [-0.2, 0) is 6.54 Å². The maximum Gasteiger partial charge on any atom is 0.307 e. The van der Waals surface area contributed by atoms with Crippen molar-refractivity contribution >= 4 is 11.3 Å². The molecule has 0 radical (unpaired) electrons. The molecule has 0 aliphatic rings. The molecule has 0 aliphatic heterocycles. The fourth-order valence-corrected chi connectivity index (χ4v) is 2.50. The van der Waals surface area contributed by atoms with Crippen LogP contribution in [-0.4, -0.2) is 16.7 Å². The first-order chi connectivity index (χ1) is 7.70. The van der Waals surface area contributed by atoms with Gasteiger partial charge in [0.25, 0.3) is 0 Å². The molecule has 1 rings (SSSR count). The minimum atomic E-state index is 0.138. The molecule has 0 fully saturated rings. The molecular formula is C13H24N2OS. The van der Waals surface area contributed by atoms with Crippen LogP contribution in [0.15, 0.2) is 4.79 Å². The van der Waals surface area contributed by atoms with Crippen LogP contribution in [0.2, 0.25) is 0 Å². The average molecular weight is 256 g/mol. The lowest BCUT2D eigenvalue weighted by Crippen LogP contribution is -2.39.